The van der Waals surface area contributed by atoms with Gasteiger partial charge in [0.15, 0.2) is 5.01 Å². The first-order chi connectivity index (χ1) is 19.2. The largest absolute Gasteiger partial charge is 0.472 e. The standard InChI is InChI=1S/C29H37N5O6S/c1-19-25(32-12-14-33(15-13-32)27(37)40-29(5,6)7)41-23(30-19)24(35)34(31-26(36)39-28(2,3)4)22-10-8-9-20(17-22)21-11-16-38-18-21/h8-11,16-18H,12-15H2,1-7H3,(H,31,36). The molecule has 1 aromatic carbocycles. The highest BCUT2D eigenvalue weighted by Crippen LogP contribution is 2.32. The molecule has 0 unspecified atom stereocenters. The Morgan fingerprint density at radius 1 is 0.976 bits per heavy atom. The lowest BCUT2D eigenvalue weighted by atomic mass is 10.1. The van der Waals surface area contributed by atoms with Crippen molar-refractivity contribution in [3.63, 3.8) is 0 Å². The highest BCUT2D eigenvalue weighted by Gasteiger charge is 2.30. The van der Waals surface area contributed by atoms with Crippen LogP contribution in [-0.4, -0.2) is 65.4 Å². The molecular formula is C29H37N5O6S. The summed E-state index contributed by atoms with van der Waals surface area (Å²) in [5.41, 5.74) is 4.03. The second-order valence-electron chi connectivity index (χ2n) is 11.7. The van der Waals surface area contributed by atoms with E-state index in [1.165, 1.54) is 11.3 Å². The van der Waals surface area contributed by atoms with Crippen LogP contribution >= 0.6 is 11.3 Å². The monoisotopic (exact) mass is 583 g/mol. The predicted molar refractivity (Wildman–Crippen MR) is 157 cm³/mol. The number of carbonyl (C=O) groups excluding carboxylic acids is 3. The van der Waals surface area contributed by atoms with Crippen molar-refractivity contribution in [2.45, 2.75) is 59.7 Å². The van der Waals surface area contributed by atoms with Gasteiger partial charge in [-0.3, -0.25) is 4.79 Å². The van der Waals surface area contributed by atoms with Crippen molar-refractivity contribution < 1.29 is 28.3 Å². The second kappa shape index (κ2) is 11.8. The third kappa shape index (κ3) is 7.78. The van der Waals surface area contributed by atoms with Gasteiger partial charge in [-0.25, -0.2) is 25.0 Å². The van der Waals surface area contributed by atoms with E-state index in [1.54, 1.807) is 56.4 Å². The Kier molecular flexibility index (Phi) is 8.62. The first-order valence-corrected chi connectivity index (χ1v) is 14.2. The van der Waals surface area contributed by atoms with Gasteiger partial charge < -0.3 is 23.7 Å². The van der Waals surface area contributed by atoms with E-state index in [0.717, 1.165) is 21.1 Å². The van der Waals surface area contributed by atoms with Gasteiger partial charge in [0.25, 0.3) is 0 Å². The lowest BCUT2D eigenvalue weighted by Crippen LogP contribution is -2.50. The number of rotatable bonds is 4. The van der Waals surface area contributed by atoms with Crippen LogP contribution in [0.4, 0.5) is 20.3 Å². The molecule has 1 N–H and O–H groups in total. The minimum Gasteiger partial charge on any atom is -0.472 e. The summed E-state index contributed by atoms with van der Waals surface area (Å²) in [7, 11) is 0. The number of ether oxygens (including phenoxy) is 2. The van der Waals surface area contributed by atoms with Crippen LogP contribution in [0.1, 0.15) is 57.0 Å². The van der Waals surface area contributed by atoms with Crippen LogP contribution in [-0.2, 0) is 9.47 Å². The molecule has 0 saturated carbocycles. The summed E-state index contributed by atoms with van der Waals surface area (Å²) < 4.78 is 16.1. The Morgan fingerprint density at radius 3 is 2.27 bits per heavy atom. The lowest BCUT2D eigenvalue weighted by Gasteiger charge is -2.36. The quantitative estimate of drug-likeness (QED) is 0.380. The molecule has 11 nitrogen and oxygen atoms in total. The molecule has 4 rings (SSSR count). The molecule has 3 aromatic rings. The molecule has 3 amide bonds. The molecule has 1 saturated heterocycles. The molecule has 0 spiro atoms. The van der Waals surface area contributed by atoms with E-state index in [1.807, 2.05) is 39.8 Å². The normalized spacial score (nSPS) is 14.0. The summed E-state index contributed by atoms with van der Waals surface area (Å²) in [6.07, 6.45) is 2.06. The van der Waals surface area contributed by atoms with Gasteiger partial charge >= 0.3 is 18.1 Å². The van der Waals surface area contributed by atoms with E-state index < -0.39 is 23.2 Å². The number of thiazole rings is 1. The number of amides is 3. The van der Waals surface area contributed by atoms with E-state index >= 15 is 0 Å². The molecule has 12 heteroatoms. The van der Waals surface area contributed by atoms with Crippen molar-refractivity contribution in [3.05, 3.63) is 53.6 Å². The van der Waals surface area contributed by atoms with Gasteiger partial charge in [-0.2, -0.15) is 0 Å². The molecule has 1 aliphatic rings. The third-order valence-corrected chi connectivity index (χ3v) is 7.14. The minimum absolute atomic E-state index is 0.205. The Bertz CT molecular complexity index is 1380. The number of hydrazine groups is 1. The summed E-state index contributed by atoms with van der Waals surface area (Å²) >= 11 is 1.24. The maximum atomic E-state index is 13.9. The Balaban J connectivity index is 1.56. The zero-order valence-corrected chi connectivity index (χ0v) is 25.3. The van der Waals surface area contributed by atoms with Crippen molar-refractivity contribution in [2.75, 3.05) is 36.1 Å². The molecule has 0 aliphatic carbocycles. The molecular weight excluding hydrogens is 546 g/mol. The summed E-state index contributed by atoms with van der Waals surface area (Å²) in [6, 6.07) is 8.98. The third-order valence-electron chi connectivity index (χ3n) is 5.94. The van der Waals surface area contributed by atoms with Crippen LogP contribution in [0, 0.1) is 6.92 Å². The topological polar surface area (TPSA) is 117 Å². The maximum absolute atomic E-state index is 13.9. The van der Waals surface area contributed by atoms with Crippen LogP contribution in [0.2, 0.25) is 0 Å². The number of nitrogens with one attached hydrogen (secondary N) is 1. The number of nitrogens with zero attached hydrogens (tertiary/aromatic N) is 4. The average molecular weight is 584 g/mol. The van der Waals surface area contributed by atoms with Gasteiger partial charge in [0.05, 0.1) is 23.9 Å². The van der Waals surface area contributed by atoms with Gasteiger partial charge in [0.2, 0.25) is 0 Å². The van der Waals surface area contributed by atoms with E-state index in [9.17, 15) is 14.4 Å². The number of piperazine rings is 1. The van der Waals surface area contributed by atoms with Gasteiger partial charge in [-0.1, -0.05) is 23.5 Å². The molecule has 0 atom stereocenters. The summed E-state index contributed by atoms with van der Waals surface area (Å²) in [5.74, 6) is -0.507. The molecule has 41 heavy (non-hydrogen) atoms. The Labute approximate surface area is 244 Å². The first kappa shape index (κ1) is 29.9. The molecule has 3 heterocycles. The number of hydrogen-bond acceptors (Lipinski definition) is 9. The van der Waals surface area contributed by atoms with Crippen LogP contribution < -0.4 is 15.3 Å². The van der Waals surface area contributed by atoms with Gasteiger partial charge in [0.1, 0.15) is 16.2 Å². The van der Waals surface area contributed by atoms with Crippen molar-refractivity contribution in [1.29, 1.82) is 0 Å². The molecule has 1 fully saturated rings. The highest BCUT2D eigenvalue weighted by atomic mass is 32.1. The molecule has 0 bridgehead atoms. The van der Waals surface area contributed by atoms with Crippen LogP contribution in [0.25, 0.3) is 11.1 Å². The minimum atomic E-state index is -0.772. The zero-order chi connectivity index (χ0) is 29.9. The molecule has 0 radical (unpaired) electrons. The predicted octanol–water partition coefficient (Wildman–Crippen LogP) is 5.86. The van der Waals surface area contributed by atoms with E-state index in [0.29, 0.717) is 37.6 Å². The number of benzene rings is 1. The Hall–Kier alpha value is -4.06. The van der Waals surface area contributed by atoms with Crippen LogP contribution in [0.3, 0.4) is 0 Å². The number of furan rings is 1. The average Bonchev–Trinajstić information content (AvgIpc) is 3.55. The lowest BCUT2D eigenvalue weighted by molar-refractivity contribution is 0.0240. The number of carbonyl (C=O) groups is 3. The number of hydrogen-bond donors (Lipinski definition) is 1. The van der Waals surface area contributed by atoms with Gasteiger partial charge in [-0.05, 0) is 72.2 Å². The number of aryl methyl sites for hydroxylation is 1. The fraction of sp³-hybridized carbons (Fsp3) is 0.448. The van der Waals surface area contributed by atoms with Crippen molar-refractivity contribution in [3.8, 4) is 11.1 Å². The fourth-order valence-corrected chi connectivity index (χ4v) is 5.21. The van der Waals surface area contributed by atoms with Crippen molar-refractivity contribution >= 4 is 40.1 Å². The van der Waals surface area contributed by atoms with Crippen LogP contribution in [0.5, 0.6) is 0 Å². The highest BCUT2D eigenvalue weighted by molar-refractivity contribution is 7.17. The maximum Gasteiger partial charge on any atom is 0.427 e. The fourth-order valence-electron chi connectivity index (χ4n) is 4.17. The van der Waals surface area contributed by atoms with Crippen molar-refractivity contribution in [1.82, 2.24) is 15.3 Å². The van der Waals surface area contributed by atoms with Crippen molar-refractivity contribution in [2.24, 2.45) is 0 Å². The number of aromatic nitrogens is 1. The SMILES string of the molecule is Cc1nc(C(=O)N(NC(=O)OC(C)(C)C)c2cccc(-c3ccoc3)c2)sc1N1CCN(C(=O)OC(C)(C)C)CC1. The smallest absolute Gasteiger partial charge is 0.427 e. The second-order valence-corrected chi connectivity index (χ2v) is 12.7. The van der Waals surface area contributed by atoms with Gasteiger partial charge in [-0.15, -0.1) is 0 Å². The first-order valence-electron chi connectivity index (χ1n) is 13.4. The van der Waals surface area contributed by atoms with E-state index in [2.05, 4.69) is 15.3 Å². The summed E-state index contributed by atoms with van der Waals surface area (Å²) in [5, 5.41) is 2.19. The Morgan fingerprint density at radius 2 is 1.66 bits per heavy atom. The summed E-state index contributed by atoms with van der Waals surface area (Å²) in [4.78, 5) is 47.5. The van der Waals surface area contributed by atoms with E-state index in [4.69, 9.17) is 13.9 Å². The van der Waals surface area contributed by atoms with Crippen LogP contribution in [0.15, 0.2) is 47.3 Å². The number of anilines is 2. The van der Waals surface area contributed by atoms with E-state index in [-0.39, 0.29) is 11.1 Å². The molecule has 2 aromatic heterocycles. The summed E-state index contributed by atoms with van der Waals surface area (Å²) in [6.45, 7) is 14.7. The molecule has 1 aliphatic heterocycles. The zero-order valence-electron chi connectivity index (χ0n) is 24.5. The van der Waals surface area contributed by atoms with Gasteiger partial charge in [0, 0.05) is 31.7 Å². The molecule has 220 valence electrons.